The van der Waals surface area contributed by atoms with Crippen molar-refractivity contribution in [1.82, 2.24) is 29.7 Å². The monoisotopic (exact) mass is 446 g/mol. The summed E-state index contributed by atoms with van der Waals surface area (Å²) in [5.41, 5.74) is 3.35. The maximum atomic E-state index is 5.89. The Morgan fingerprint density at radius 1 is 1.24 bits per heavy atom. The molecule has 4 heterocycles. The molecular formula is C23H26N8O2. The average Bonchev–Trinajstić information content (AvgIpc) is 3.47. The summed E-state index contributed by atoms with van der Waals surface area (Å²) in [5, 5.41) is 15.9. The summed E-state index contributed by atoms with van der Waals surface area (Å²) in [4.78, 5) is 14.0. The quantitative estimate of drug-likeness (QED) is 0.441. The van der Waals surface area contributed by atoms with Crippen LogP contribution in [-0.4, -0.2) is 55.6 Å². The number of fused-ring (bicyclic) bond motifs is 1. The molecule has 1 aliphatic rings. The first-order chi connectivity index (χ1) is 16.1. The van der Waals surface area contributed by atoms with Crippen molar-refractivity contribution in [2.45, 2.75) is 26.3 Å². The number of hydrogen-bond acceptors (Lipinski definition) is 9. The third-order valence-electron chi connectivity index (χ3n) is 5.46. The number of nitrogens with one attached hydrogen (secondary N) is 2. The van der Waals surface area contributed by atoms with Crippen LogP contribution in [-0.2, 0) is 11.8 Å². The molecule has 0 aliphatic carbocycles. The largest absolute Gasteiger partial charge is 0.492 e. The van der Waals surface area contributed by atoms with Crippen molar-refractivity contribution in [3.05, 3.63) is 42.5 Å². The number of aryl methyl sites for hydroxylation is 2. The number of ether oxygens (including phenoxy) is 2. The van der Waals surface area contributed by atoms with Crippen molar-refractivity contribution in [2.75, 3.05) is 30.5 Å². The van der Waals surface area contributed by atoms with E-state index in [1.165, 1.54) is 0 Å². The van der Waals surface area contributed by atoms with Crippen molar-refractivity contribution in [2.24, 2.45) is 7.05 Å². The first kappa shape index (κ1) is 21.1. The lowest BCUT2D eigenvalue weighted by molar-refractivity contribution is 0.195. The first-order valence-electron chi connectivity index (χ1n) is 11.0. The summed E-state index contributed by atoms with van der Waals surface area (Å²) in [6.07, 6.45) is 4.43. The maximum Gasteiger partial charge on any atom is 0.227 e. The normalized spacial score (nSPS) is 15.7. The van der Waals surface area contributed by atoms with Crippen LogP contribution in [0.3, 0.4) is 0 Å². The van der Waals surface area contributed by atoms with Gasteiger partial charge >= 0.3 is 0 Å². The molecule has 4 aromatic rings. The fraction of sp³-hybridized carbons (Fsp3) is 0.348. The molecule has 1 atom stereocenters. The second-order valence-electron chi connectivity index (χ2n) is 7.98. The van der Waals surface area contributed by atoms with Gasteiger partial charge in [0.2, 0.25) is 5.95 Å². The fourth-order valence-electron chi connectivity index (χ4n) is 3.88. The highest BCUT2D eigenvalue weighted by molar-refractivity contribution is 5.89. The summed E-state index contributed by atoms with van der Waals surface area (Å²) < 4.78 is 13.2. The lowest BCUT2D eigenvalue weighted by Crippen LogP contribution is -2.20. The molecule has 0 saturated carbocycles. The minimum Gasteiger partial charge on any atom is -0.492 e. The van der Waals surface area contributed by atoms with E-state index in [2.05, 4.69) is 30.8 Å². The SMILES string of the molecule is CCOc1cc(-c2nncn2C)ccc1Nc1ncc2cc(C)nc(NC3CCOC3)c2n1. The van der Waals surface area contributed by atoms with Gasteiger partial charge in [-0.2, -0.15) is 0 Å². The molecule has 1 fully saturated rings. The molecule has 1 unspecified atom stereocenters. The van der Waals surface area contributed by atoms with Crippen molar-refractivity contribution in [3.63, 3.8) is 0 Å². The van der Waals surface area contributed by atoms with E-state index < -0.39 is 0 Å². The first-order valence-corrected chi connectivity index (χ1v) is 11.0. The van der Waals surface area contributed by atoms with Gasteiger partial charge in [-0.05, 0) is 44.5 Å². The molecular weight excluding hydrogens is 420 g/mol. The maximum absolute atomic E-state index is 5.89. The van der Waals surface area contributed by atoms with Gasteiger partial charge < -0.3 is 24.7 Å². The third kappa shape index (κ3) is 4.42. The number of nitrogens with zero attached hydrogens (tertiary/aromatic N) is 6. The van der Waals surface area contributed by atoms with Crippen LogP contribution in [0.1, 0.15) is 19.0 Å². The number of anilines is 3. The summed E-state index contributed by atoms with van der Waals surface area (Å²) in [6.45, 7) is 5.87. The number of rotatable bonds is 7. The van der Waals surface area contributed by atoms with Crippen molar-refractivity contribution in [3.8, 4) is 17.1 Å². The Kier molecular flexibility index (Phi) is 5.74. The second kappa shape index (κ2) is 8.99. The highest BCUT2D eigenvalue weighted by Crippen LogP contribution is 2.32. The van der Waals surface area contributed by atoms with Gasteiger partial charge in [-0.3, -0.25) is 0 Å². The van der Waals surface area contributed by atoms with Crippen LogP contribution in [0, 0.1) is 6.92 Å². The zero-order chi connectivity index (χ0) is 22.8. The molecule has 1 aromatic carbocycles. The number of benzene rings is 1. The Bertz CT molecular complexity index is 1280. The Labute approximate surface area is 191 Å². The smallest absolute Gasteiger partial charge is 0.227 e. The van der Waals surface area contributed by atoms with Crippen LogP contribution in [0.25, 0.3) is 22.3 Å². The van der Waals surface area contributed by atoms with Gasteiger partial charge in [0.05, 0.1) is 24.9 Å². The van der Waals surface area contributed by atoms with Gasteiger partial charge in [0.15, 0.2) is 11.6 Å². The molecule has 0 bridgehead atoms. The van der Waals surface area contributed by atoms with E-state index in [0.29, 0.717) is 24.9 Å². The van der Waals surface area contributed by atoms with Crippen LogP contribution < -0.4 is 15.4 Å². The fourth-order valence-corrected chi connectivity index (χ4v) is 3.88. The van der Waals surface area contributed by atoms with E-state index in [9.17, 15) is 0 Å². The van der Waals surface area contributed by atoms with Gasteiger partial charge in [0, 0.05) is 36.5 Å². The topological polar surface area (TPSA) is 112 Å². The molecule has 33 heavy (non-hydrogen) atoms. The van der Waals surface area contributed by atoms with E-state index in [-0.39, 0.29) is 6.04 Å². The van der Waals surface area contributed by atoms with Crippen LogP contribution in [0.2, 0.25) is 0 Å². The zero-order valence-corrected chi connectivity index (χ0v) is 18.9. The van der Waals surface area contributed by atoms with E-state index in [0.717, 1.165) is 52.5 Å². The molecule has 2 N–H and O–H groups in total. The van der Waals surface area contributed by atoms with Gasteiger partial charge in [0.25, 0.3) is 0 Å². The van der Waals surface area contributed by atoms with Crippen LogP contribution in [0.5, 0.6) is 5.75 Å². The van der Waals surface area contributed by atoms with E-state index in [1.54, 1.807) is 6.33 Å². The Morgan fingerprint density at radius 2 is 2.15 bits per heavy atom. The van der Waals surface area contributed by atoms with Gasteiger partial charge in [-0.25, -0.2) is 15.0 Å². The summed E-state index contributed by atoms with van der Waals surface area (Å²) in [5.74, 6) is 2.66. The van der Waals surface area contributed by atoms with Gasteiger partial charge in [0.1, 0.15) is 17.6 Å². The van der Waals surface area contributed by atoms with Crippen LogP contribution in [0.15, 0.2) is 36.8 Å². The molecule has 0 amide bonds. The molecule has 10 nitrogen and oxygen atoms in total. The Hall–Kier alpha value is -3.79. The summed E-state index contributed by atoms with van der Waals surface area (Å²) in [6, 6.07) is 8.05. The summed E-state index contributed by atoms with van der Waals surface area (Å²) in [7, 11) is 1.91. The third-order valence-corrected chi connectivity index (χ3v) is 5.46. The second-order valence-corrected chi connectivity index (χ2v) is 7.98. The predicted molar refractivity (Wildman–Crippen MR) is 126 cm³/mol. The average molecular weight is 447 g/mol. The van der Waals surface area contributed by atoms with Crippen molar-refractivity contribution >= 4 is 28.4 Å². The Balaban J connectivity index is 1.48. The van der Waals surface area contributed by atoms with Crippen LogP contribution in [0.4, 0.5) is 17.5 Å². The lowest BCUT2D eigenvalue weighted by Gasteiger charge is -2.15. The van der Waals surface area contributed by atoms with Crippen LogP contribution >= 0.6 is 0 Å². The minimum atomic E-state index is 0.228. The zero-order valence-electron chi connectivity index (χ0n) is 18.9. The number of pyridine rings is 1. The number of hydrogen-bond donors (Lipinski definition) is 2. The van der Waals surface area contributed by atoms with E-state index in [4.69, 9.17) is 14.5 Å². The van der Waals surface area contributed by atoms with Gasteiger partial charge in [-0.15, -0.1) is 10.2 Å². The molecule has 5 rings (SSSR count). The molecule has 0 spiro atoms. The molecule has 170 valence electrons. The molecule has 1 aliphatic heterocycles. The lowest BCUT2D eigenvalue weighted by atomic mass is 10.1. The molecule has 0 radical (unpaired) electrons. The van der Waals surface area contributed by atoms with E-state index in [1.807, 2.05) is 55.9 Å². The molecule has 1 saturated heterocycles. The molecule has 10 heteroatoms. The highest BCUT2D eigenvalue weighted by Gasteiger charge is 2.18. The predicted octanol–water partition coefficient (Wildman–Crippen LogP) is 3.47. The van der Waals surface area contributed by atoms with E-state index >= 15 is 0 Å². The number of aromatic nitrogens is 6. The Morgan fingerprint density at radius 3 is 2.91 bits per heavy atom. The van der Waals surface area contributed by atoms with Gasteiger partial charge in [-0.1, -0.05) is 0 Å². The minimum absolute atomic E-state index is 0.228. The summed E-state index contributed by atoms with van der Waals surface area (Å²) >= 11 is 0. The highest BCUT2D eigenvalue weighted by atomic mass is 16.5. The standard InChI is InChI=1S/C23H26N8O2/c1-4-33-19-10-15(22-30-25-13-31(22)3)5-6-18(19)28-23-24-11-16-9-14(2)26-21(20(16)29-23)27-17-7-8-32-12-17/h5-6,9-11,13,17H,4,7-8,12H2,1-3H3,(H,26,27)(H,24,28,29). The van der Waals surface area contributed by atoms with Crippen molar-refractivity contribution < 1.29 is 9.47 Å². The van der Waals surface area contributed by atoms with Crippen molar-refractivity contribution in [1.29, 1.82) is 0 Å². The molecule has 3 aromatic heterocycles.